The lowest BCUT2D eigenvalue weighted by atomic mass is 10.00. The van der Waals surface area contributed by atoms with Gasteiger partial charge in [0.25, 0.3) is 5.56 Å². The minimum Gasteiger partial charge on any atom is -0.341 e. The van der Waals surface area contributed by atoms with Crippen molar-refractivity contribution < 1.29 is 0 Å². The van der Waals surface area contributed by atoms with Crippen molar-refractivity contribution in [1.82, 2.24) is 24.8 Å². The van der Waals surface area contributed by atoms with E-state index in [-0.39, 0.29) is 5.56 Å². The van der Waals surface area contributed by atoms with Crippen molar-refractivity contribution in [3.63, 3.8) is 0 Å². The monoisotopic (exact) mass is 459 g/mol. The number of rotatable bonds is 5. The third-order valence-corrected chi connectivity index (χ3v) is 6.96. The number of hydrogen-bond donors (Lipinski definition) is 1. The van der Waals surface area contributed by atoms with Crippen molar-refractivity contribution in [3.05, 3.63) is 64.2 Å². The number of aromatic amines is 1. The Morgan fingerprint density at radius 3 is 2.41 bits per heavy atom. The second-order valence-corrected chi connectivity index (χ2v) is 9.54. The molecule has 0 radical (unpaired) electrons. The summed E-state index contributed by atoms with van der Waals surface area (Å²) in [7, 11) is 0. The molecule has 178 valence electrons. The van der Waals surface area contributed by atoms with E-state index in [1.54, 1.807) is 6.07 Å². The fourth-order valence-corrected chi connectivity index (χ4v) is 4.76. The minimum absolute atomic E-state index is 0.153. The molecule has 0 amide bonds. The zero-order valence-corrected chi connectivity index (χ0v) is 20.1. The van der Waals surface area contributed by atoms with E-state index >= 15 is 0 Å². The molecule has 0 saturated carbocycles. The molecule has 1 N–H and O–H groups in total. The summed E-state index contributed by atoms with van der Waals surface area (Å²) in [4.78, 5) is 36.5. The van der Waals surface area contributed by atoms with Gasteiger partial charge in [-0.25, -0.2) is 15.0 Å². The van der Waals surface area contributed by atoms with Gasteiger partial charge in [-0.15, -0.1) is 0 Å². The first-order valence-corrected chi connectivity index (χ1v) is 12.3. The molecule has 4 heterocycles. The van der Waals surface area contributed by atoms with E-state index in [9.17, 15) is 4.79 Å². The zero-order valence-electron chi connectivity index (χ0n) is 20.1. The lowest BCUT2D eigenvalue weighted by Crippen LogP contribution is -2.47. The number of anilines is 2. The molecule has 0 atom stereocenters. The first-order valence-electron chi connectivity index (χ1n) is 12.3. The number of nitrogens with zero attached hydrogens (tertiary/aromatic N) is 6. The molecule has 1 aromatic carbocycles. The molecule has 34 heavy (non-hydrogen) atoms. The molecule has 2 fully saturated rings. The molecule has 2 aliphatic heterocycles. The molecule has 8 nitrogen and oxygen atoms in total. The van der Waals surface area contributed by atoms with E-state index in [1.165, 1.54) is 18.4 Å². The van der Waals surface area contributed by atoms with Gasteiger partial charge in [0.2, 0.25) is 11.9 Å². The van der Waals surface area contributed by atoms with Crippen molar-refractivity contribution in [3.8, 4) is 11.3 Å². The van der Waals surface area contributed by atoms with Gasteiger partial charge >= 0.3 is 0 Å². The highest BCUT2D eigenvalue weighted by Gasteiger charge is 2.21. The number of hydrogen-bond acceptors (Lipinski definition) is 7. The summed E-state index contributed by atoms with van der Waals surface area (Å²) in [6.07, 6.45) is 4.16. The number of piperazine rings is 1. The maximum atomic E-state index is 12.5. The van der Waals surface area contributed by atoms with E-state index in [1.807, 2.05) is 19.2 Å². The molecule has 8 heteroatoms. The van der Waals surface area contributed by atoms with E-state index in [4.69, 9.17) is 9.97 Å². The highest BCUT2D eigenvalue weighted by Crippen LogP contribution is 2.25. The lowest BCUT2D eigenvalue weighted by molar-refractivity contribution is 0.248. The van der Waals surface area contributed by atoms with Crippen LogP contribution in [-0.4, -0.2) is 64.1 Å². The summed E-state index contributed by atoms with van der Waals surface area (Å²) in [6, 6.07) is 12.1. The Balaban J connectivity index is 1.29. The van der Waals surface area contributed by atoms with Crippen molar-refractivity contribution in [2.75, 3.05) is 49.1 Å². The largest absolute Gasteiger partial charge is 0.341 e. The predicted molar refractivity (Wildman–Crippen MR) is 135 cm³/mol. The normalized spacial score (nSPS) is 17.8. The molecular formula is C26H33N7O. The van der Waals surface area contributed by atoms with Crippen LogP contribution in [0.2, 0.25) is 0 Å². The fourth-order valence-electron chi connectivity index (χ4n) is 4.76. The molecule has 0 spiro atoms. The van der Waals surface area contributed by atoms with Crippen molar-refractivity contribution in [1.29, 1.82) is 0 Å². The van der Waals surface area contributed by atoms with Gasteiger partial charge in [0.15, 0.2) is 0 Å². The average molecular weight is 460 g/mol. The molecule has 5 rings (SSSR count). The SMILES string of the molecule is Cc1nc(N2CCC(C)CC2)ncc1-c1cc(=O)[nH]c(N2CCN(Cc3ccccc3)CC2)n1. The molecule has 2 aromatic heterocycles. The minimum atomic E-state index is -0.153. The van der Waals surface area contributed by atoms with Crippen molar-refractivity contribution >= 4 is 11.9 Å². The average Bonchev–Trinajstić information content (AvgIpc) is 2.85. The van der Waals surface area contributed by atoms with Gasteiger partial charge in [-0.05, 0) is 31.2 Å². The van der Waals surface area contributed by atoms with Crippen LogP contribution >= 0.6 is 0 Å². The van der Waals surface area contributed by atoms with Crippen LogP contribution in [0.25, 0.3) is 11.3 Å². The summed E-state index contributed by atoms with van der Waals surface area (Å²) < 4.78 is 0. The van der Waals surface area contributed by atoms with E-state index in [2.05, 4.69) is 55.9 Å². The fraction of sp³-hybridized carbons (Fsp3) is 0.462. The van der Waals surface area contributed by atoms with E-state index in [0.29, 0.717) is 11.6 Å². The Morgan fingerprint density at radius 2 is 1.71 bits per heavy atom. The van der Waals surface area contributed by atoms with Crippen LogP contribution in [0.1, 0.15) is 31.0 Å². The summed E-state index contributed by atoms with van der Waals surface area (Å²) in [5.41, 5.74) is 3.45. The van der Waals surface area contributed by atoms with Gasteiger partial charge in [-0.2, -0.15) is 0 Å². The molecule has 0 bridgehead atoms. The van der Waals surface area contributed by atoms with E-state index < -0.39 is 0 Å². The van der Waals surface area contributed by atoms with Crippen LogP contribution in [0.3, 0.4) is 0 Å². The zero-order chi connectivity index (χ0) is 23.5. The maximum absolute atomic E-state index is 12.5. The van der Waals surface area contributed by atoms with Gasteiger partial charge in [0.05, 0.1) is 11.4 Å². The molecule has 0 unspecified atom stereocenters. The number of aromatic nitrogens is 4. The summed E-state index contributed by atoms with van der Waals surface area (Å²) in [6.45, 7) is 10.7. The Hall–Kier alpha value is -3.26. The Labute approximate surface area is 200 Å². The summed E-state index contributed by atoms with van der Waals surface area (Å²) in [5.74, 6) is 2.15. The third kappa shape index (κ3) is 5.12. The Bertz CT molecular complexity index is 1160. The van der Waals surface area contributed by atoms with Gasteiger partial charge in [0, 0.05) is 63.6 Å². The second kappa shape index (κ2) is 9.93. The molecule has 3 aromatic rings. The van der Waals surface area contributed by atoms with Gasteiger partial charge in [-0.3, -0.25) is 14.7 Å². The van der Waals surface area contributed by atoms with Gasteiger partial charge < -0.3 is 9.80 Å². The summed E-state index contributed by atoms with van der Waals surface area (Å²) in [5, 5.41) is 0. The van der Waals surface area contributed by atoms with Crippen LogP contribution in [0.15, 0.2) is 47.4 Å². The van der Waals surface area contributed by atoms with E-state index in [0.717, 1.165) is 68.9 Å². The molecule has 2 saturated heterocycles. The number of aryl methyl sites for hydroxylation is 1. The van der Waals surface area contributed by atoms with Crippen LogP contribution in [-0.2, 0) is 6.54 Å². The second-order valence-electron chi connectivity index (χ2n) is 9.54. The first-order chi connectivity index (χ1) is 16.5. The first kappa shape index (κ1) is 22.5. The smallest absolute Gasteiger partial charge is 0.252 e. The third-order valence-electron chi connectivity index (χ3n) is 6.96. The number of H-pyrrole nitrogens is 1. The molecule has 0 aliphatic carbocycles. The quantitative estimate of drug-likeness (QED) is 0.628. The highest BCUT2D eigenvalue weighted by atomic mass is 16.1. The van der Waals surface area contributed by atoms with Crippen molar-refractivity contribution in [2.45, 2.75) is 33.2 Å². The maximum Gasteiger partial charge on any atom is 0.252 e. The Morgan fingerprint density at radius 1 is 0.971 bits per heavy atom. The molecule has 2 aliphatic rings. The van der Waals surface area contributed by atoms with Crippen LogP contribution in [0.4, 0.5) is 11.9 Å². The number of benzene rings is 1. The van der Waals surface area contributed by atoms with Crippen LogP contribution in [0.5, 0.6) is 0 Å². The standard InChI is InChI=1S/C26H33N7O/c1-19-8-10-32(11-9-19)25-27-17-22(20(2)28-25)23-16-24(34)30-26(29-23)33-14-12-31(13-15-33)18-21-6-4-3-5-7-21/h3-7,16-17,19H,8-15,18H2,1-2H3,(H,29,30,34). The summed E-state index contributed by atoms with van der Waals surface area (Å²) >= 11 is 0. The number of nitrogens with one attached hydrogen (secondary N) is 1. The van der Waals surface area contributed by atoms with Crippen LogP contribution < -0.4 is 15.4 Å². The molecular weight excluding hydrogens is 426 g/mol. The highest BCUT2D eigenvalue weighted by molar-refractivity contribution is 5.62. The predicted octanol–water partition coefficient (Wildman–Crippen LogP) is 3.09. The van der Waals surface area contributed by atoms with Gasteiger partial charge in [-0.1, -0.05) is 37.3 Å². The number of piperidine rings is 1. The lowest BCUT2D eigenvalue weighted by Gasteiger charge is -2.35. The van der Waals surface area contributed by atoms with Crippen LogP contribution in [0, 0.1) is 12.8 Å². The topological polar surface area (TPSA) is 81.2 Å². The van der Waals surface area contributed by atoms with Gasteiger partial charge in [0.1, 0.15) is 0 Å². The Kier molecular flexibility index (Phi) is 6.58. The van der Waals surface area contributed by atoms with Crippen molar-refractivity contribution in [2.24, 2.45) is 5.92 Å².